The van der Waals surface area contributed by atoms with E-state index in [9.17, 15) is 29.0 Å². The molecule has 3 N–H and O–H groups in total. The Morgan fingerprint density at radius 1 is 1.27 bits per heavy atom. The van der Waals surface area contributed by atoms with Crippen molar-refractivity contribution in [1.82, 2.24) is 15.0 Å². The molecule has 0 saturated carbocycles. The van der Waals surface area contributed by atoms with Crippen molar-refractivity contribution in [1.29, 1.82) is 0 Å². The van der Waals surface area contributed by atoms with Gasteiger partial charge in [-0.05, 0) is 43.4 Å². The van der Waals surface area contributed by atoms with E-state index in [1.165, 1.54) is 10.6 Å². The second-order valence-corrected chi connectivity index (χ2v) is 9.69. The lowest BCUT2D eigenvalue weighted by atomic mass is 9.86. The maximum atomic E-state index is 15.0. The number of nitrogens with one attached hydrogen (secondary N) is 1. The first kappa shape index (κ1) is 23.6. The van der Waals surface area contributed by atoms with E-state index in [4.69, 9.17) is 9.72 Å². The van der Waals surface area contributed by atoms with Crippen molar-refractivity contribution in [3.8, 4) is 11.4 Å². The van der Waals surface area contributed by atoms with Crippen molar-refractivity contribution in [2.75, 3.05) is 18.2 Å². The van der Waals surface area contributed by atoms with Crippen LogP contribution in [0, 0.1) is 12.7 Å². The molecular formula is C26H25FN4O6. The average Bonchev–Trinajstić information content (AvgIpc) is 3.14. The summed E-state index contributed by atoms with van der Waals surface area (Å²) in [6, 6.07) is 2.94. The number of carbonyl (C=O) groups excluding carboxylic acids is 2. The van der Waals surface area contributed by atoms with Gasteiger partial charge in [-0.25, -0.2) is 14.2 Å². The van der Waals surface area contributed by atoms with Crippen LogP contribution in [-0.4, -0.2) is 44.8 Å². The van der Waals surface area contributed by atoms with Gasteiger partial charge in [0.05, 0.1) is 34.7 Å². The van der Waals surface area contributed by atoms with Crippen molar-refractivity contribution in [2.45, 2.75) is 51.9 Å². The molecule has 0 unspecified atom stereocenters. The van der Waals surface area contributed by atoms with Crippen LogP contribution in [0.3, 0.4) is 0 Å². The minimum absolute atomic E-state index is 0.0137. The maximum Gasteiger partial charge on any atom is 0.343 e. The first-order valence-corrected chi connectivity index (χ1v) is 12.2. The van der Waals surface area contributed by atoms with E-state index >= 15 is 0 Å². The third-order valence-corrected chi connectivity index (χ3v) is 7.76. The molecule has 11 heteroatoms. The Hall–Kier alpha value is -3.83. The number of nitrogens with zero attached hydrogens (tertiary/aromatic N) is 3. The zero-order valence-electron chi connectivity index (χ0n) is 20.4. The minimum atomic E-state index is -1.97. The lowest BCUT2D eigenvalue weighted by Gasteiger charge is -2.31. The summed E-state index contributed by atoms with van der Waals surface area (Å²) in [4.78, 5) is 43.1. The van der Waals surface area contributed by atoms with Gasteiger partial charge in [-0.15, -0.1) is 0 Å². The molecule has 6 rings (SSSR count). The summed E-state index contributed by atoms with van der Waals surface area (Å²) in [6.07, 6.45) is 1.18. The molecule has 3 aliphatic heterocycles. The molecule has 0 aliphatic carbocycles. The zero-order chi connectivity index (χ0) is 26.2. The number of hydrogen-bond donors (Lipinski definition) is 3. The van der Waals surface area contributed by atoms with Gasteiger partial charge in [-0.2, -0.15) is 0 Å². The van der Waals surface area contributed by atoms with Crippen LogP contribution in [0.2, 0.25) is 0 Å². The van der Waals surface area contributed by atoms with E-state index < -0.39 is 35.5 Å². The second kappa shape index (κ2) is 8.09. The Labute approximate surface area is 210 Å². The van der Waals surface area contributed by atoms with E-state index in [-0.39, 0.29) is 30.7 Å². The minimum Gasteiger partial charge on any atom is -0.458 e. The Balaban J connectivity index is 1.68. The lowest BCUT2D eigenvalue weighted by Crippen LogP contribution is -2.45. The van der Waals surface area contributed by atoms with Gasteiger partial charge < -0.3 is 19.5 Å². The summed E-state index contributed by atoms with van der Waals surface area (Å²) < 4.78 is 21.6. The fraction of sp³-hybridized carbons (Fsp3) is 0.385. The van der Waals surface area contributed by atoms with Crippen LogP contribution < -0.4 is 16.0 Å². The molecule has 1 atom stereocenters. The number of cyclic esters (lactones) is 1. The van der Waals surface area contributed by atoms with Crippen LogP contribution >= 0.6 is 0 Å². The molecular weight excluding hydrogens is 483 g/mol. The molecule has 1 aromatic carbocycles. The van der Waals surface area contributed by atoms with E-state index in [0.29, 0.717) is 58.5 Å². The zero-order valence-corrected chi connectivity index (χ0v) is 20.4. The summed E-state index contributed by atoms with van der Waals surface area (Å²) in [5.41, 5.74) is 4.40. The highest BCUT2D eigenvalue weighted by Crippen LogP contribution is 2.45. The Morgan fingerprint density at radius 2 is 2.05 bits per heavy atom. The normalized spacial score (nSPS) is 19.7. The van der Waals surface area contributed by atoms with E-state index in [1.807, 2.05) is 0 Å². The first-order chi connectivity index (χ1) is 17.7. The number of hydrazine groups is 1. The molecule has 0 radical (unpaired) electrons. The molecule has 5 heterocycles. The molecule has 0 bridgehead atoms. The van der Waals surface area contributed by atoms with Crippen molar-refractivity contribution in [3.05, 3.63) is 56.1 Å². The predicted octanol–water partition coefficient (Wildman–Crippen LogP) is 1.30. The average molecular weight is 509 g/mol. The van der Waals surface area contributed by atoms with Gasteiger partial charge in [-0.1, -0.05) is 6.92 Å². The van der Waals surface area contributed by atoms with Crippen LogP contribution in [0.1, 0.15) is 47.6 Å². The maximum absolute atomic E-state index is 15.0. The van der Waals surface area contributed by atoms with Crippen LogP contribution in [0.4, 0.5) is 10.1 Å². The standard InChI is InChI=1S/C26H25FN4O6/c1-3-26(36)16-7-19-22-14(9-30(19)24(34)15(16)11-37-25(26)35)23-21-13(12(2)17(27)8-18(21)28-22)5-4-6-31(23)29-20(33)10-32/h7-8,32,36H,3-6,9-11H2,1-2H3,(H,29,33)/t26-/m0/s1. The Bertz CT molecular complexity index is 1600. The number of esters is 1. The first-order valence-electron chi connectivity index (χ1n) is 12.2. The molecule has 1 amide bonds. The number of aliphatic hydroxyl groups is 2. The van der Waals surface area contributed by atoms with Crippen LogP contribution in [0.15, 0.2) is 16.9 Å². The van der Waals surface area contributed by atoms with E-state index in [2.05, 4.69) is 5.43 Å². The quantitative estimate of drug-likeness (QED) is 0.353. The number of rotatable bonds is 3. The molecule has 0 saturated heterocycles. The Kier molecular flexibility index (Phi) is 5.15. The number of benzene rings is 1. The number of pyridine rings is 2. The lowest BCUT2D eigenvalue weighted by molar-refractivity contribution is -0.172. The third-order valence-electron chi connectivity index (χ3n) is 7.76. The third kappa shape index (κ3) is 3.17. The van der Waals surface area contributed by atoms with Gasteiger partial charge in [0.2, 0.25) is 0 Å². The number of fused-ring (bicyclic) bond motifs is 5. The van der Waals surface area contributed by atoms with Crippen LogP contribution in [-0.2, 0) is 39.5 Å². The fourth-order valence-corrected chi connectivity index (χ4v) is 5.80. The number of anilines is 1. The molecule has 192 valence electrons. The van der Waals surface area contributed by atoms with Gasteiger partial charge in [0.25, 0.3) is 11.5 Å². The number of aromatic nitrogens is 2. The van der Waals surface area contributed by atoms with Gasteiger partial charge in [0.15, 0.2) is 5.60 Å². The van der Waals surface area contributed by atoms with E-state index in [0.717, 1.165) is 5.56 Å². The second-order valence-electron chi connectivity index (χ2n) is 9.69. The number of amides is 1. The number of ether oxygens (including phenoxy) is 1. The number of carbonyl (C=O) groups is 2. The van der Waals surface area contributed by atoms with Gasteiger partial charge in [0.1, 0.15) is 19.0 Å². The highest BCUT2D eigenvalue weighted by atomic mass is 19.1. The summed E-state index contributed by atoms with van der Waals surface area (Å²) >= 11 is 0. The van der Waals surface area contributed by atoms with Crippen LogP contribution in [0.5, 0.6) is 0 Å². The summed E-state index contributed by atoms with van der Waals surface area (Å²) in [6.45, 7) is 2.89. The Morgan fingerprint density at radius 3 is 2.78 bits per heavy atom. The smallest absolute Gasteiger partial charge is 0.343 e. The fourth-order valence-electron chi connectivity index (χ4n) is 5.80. The number of hydrogen-bond acceptors (Lipinski definition) is 8. The molecule has 0 fully saturated rings. The van der Waals surface area contributed by atoms with Gasteiger partial charge >= 0.3 is 5.97 Å². The summed E-state index contributed by atoms with van der Waals surface area (Å²) in [5, 5.41) is 22.8. The molecule has 3 aliphatic rings. The van der Waals surface area contributed by atoms with Crippen molar-refractivity contribution in [2.24, 2.45) is 0 Å². The molecule has 3 aromatic rings. The van der Waals surface area contributed by atoms with Crippen molar-refractivity contribution < 1.29 is 28.9 Å². The predicted molar refractivity (Wildman–Crippen MR) is 130 cm³/mol. The molecule has 10 nitrogen and oxygen atoms in total. The number of aryl methyl sites for hydroxylation is 1. The SMILES string of the molecule is CC[C@@]1(O)C(=O)OCc2c1cc1n(c2=O)Cc2c-1nc1cc(F)c(C)c3c1c2N(NC(=O)CO)CCC3. The highest BCUT2D eigenvalue weighted by molar-refractivity contribution is 6.01. The molecule has 0 spiro atoms. The topological polar surface area (TPSA) is 134 Å². The monoisotopic (exact) mass is 508 g/mol. The largest absolute Gasteiger partial charge is 0.458 e. The van der Waals surface area contributed by atoms with E-state index in [1.54, 1.807) is 24.9 Å². The highest BCUT2D eigenvalue weighted by Gasteiger charge is 2.45. The summed E-state index contributed by atoms with van der Waals surface area (Å²) in [5.74, 6) is -1.83. The van der Waals surface area contributed by atoms with Crippen molar-refractivity contribution >= 4 is 28.5 Å². The summed E-state index contributed by atoms with van der Waals surface area (Å²) in [7, 11) is 0. The molecule has 2 aromatic heterocycles. The number of halogens is 1. The number of aliphatic hydroxyl groups excluding tert-OH is 1. The van der Waals surface area contributed by atoms with Crippen LogP contribution in [0.25, 0.3) is 22.3 Å². The van der Waals surface area contributed by atoms with Crippen molar-refractivity contribution in [3.63, 3.8) is 0 Å². The van der Waals surface area contributed by atoms with Gasteiger partial charge in [0, 0.05) is 29.1 Å². The van der Waals surface area contributed by atoms with Gasteiger partial charge in [-0.3, -0.25) is 20.0 Å². The molecule has 37 heavy (non-hydrogen) atoms.